The number of nitrogens with zero attached hydrogens (tertiary/aromatic N) is 5. The van der Waals surface area contributed by atoms with Crippen molar-refractivity contribution < 1.29 is 32.3 Å². The quantitative estimate of drug-likeness (QED) is 0.342. The molecule has 1 aromatic carbocycles. The molecule has 206 valence electrons. The number of alkyl halides is 3. The molecule has 0 spiro atoms. The maximum Gasteiger partial charge on any atom is 0.522 e. The third kappa shape index (κ3) is 5.35. The average molecular weight is 545 g/mol. The van der Waals surface area contributed by atoms with E-state index in [-0.39, 0.29) is 41.9 Å². The smallest absolute Gasteiger partial charge is 0.352 e. The minimum Gasteiger partial charge on any atom is -0.352 e. The molecule has 2 aliphatic rings. The van der Waals surface area contributed by atoms with Crippen molar-refractivity contribution in [3.8, 4) is 11.1 Å². The van der Waals surface area contributed by atoms with Crippen molar-refractivity contribution in [1.29, 1.82) is 0 Å². The highest BCUT2D eigenvalue weighted by molar-refractivity contribution is 6.06. The Hall–Kier alpha value is -3.87. The summed E-state index contributed by atoms with van der Waals surface area (Å²) in [6.45, 7) is 3.89. The number of Topliss-reactive ketones (excluding diaryl/α,β-unsaturated/α-hetero) is 1. The van der Waals surface area contributed by atoms with Crippen LogP contribution in [0.3, 0.4) is 0 Å². The van der Waals surface area contributed by atoms with E-state index < -0.39 is 24.9 Å². The number of aryl methyl sites for hydroxylation is 1. The molecule has 1 saturated carbocycles. The lowest BCUT2D eigenvalue weighted by Gasteiger charge is -2.27. The van der Waals surface area contributed by atoms with Gasteiger partial charge in [0.2, 0.25) is 11.8 Å². The number of aromatic nitrogens is 4. The topological polar surface area (TPSA) is 119 Å². The number of halogens is 3. The summed E-state index contributed by atoms with van der Waals surface area (Å²) in [5, 5.41) is 7.44. The molecule has 3 aromatic rings. The van der Waals surface area contributed by atoms with E-state index >= 15 is 0 Å². The van der Waals surface area contributed by atoms with E-state index in [4.69, 9.17) is 0 Å². The summed E-state index contributed by atoms with van der Waals surface area (Å²) in [7, 11) is 0. The van der Waals surface area contributed by atoms with Gasteiger partial charge in [0.1, 0.15) is 24.1 Å². The van der Waals surface area contributed by atoms with Crippen molar-refractivity contribution in [3.05, 3.63) is 42.1 Å². The van der Waals surface area contributed by atoms with Crippen LogP contribution in [0.4, 0.5) is 13.2 Å². The first-order valence-electron chi connectivity index (χ1n) is 12.5. The Morgan fingerprint density at radius 3 is 2.54 bits per heavy atom. The molecule has 1 aliphatic heterocycles. The fraction of sp³-hybridized carbons (Fsp3) is 0.462. The third-order valence-corrected chi connectivity index (χ3v) is 7.38. The molecule has 0 radical (unpaired) electrons. The Balaban J connectivity index is 1.36. The van der Waals surface area contributed by atoms with E-state index in [0.29, 0.717) is 23.1 Å². The number of likely N-dealkylation sites (tertiary alicyclic amines) is 1. The van der Waals surface area contributed by atoms with Gasteiger partial charge in [-0.05, 0) is 42.9 Å². The number of benzene rings is 1. The average Bonchev–Trinajstić information content (AvgIpc) is 3.23. The number of hydrogen-bond donors (Lipinski definition) is 1. The maximum atomic E-state index is 13.5. The summed E-state index contributed by atoms with van der Waals surface area (Å²) >= 11 is 0. The lowest BCUT2D eigenvalue weighted by molar-refractivity contribution is -0.323. The van der Waals surface area contributed by atoms with E-state index in [1.54, 1.807) is 31.5 Å². The molecule has 1 aliphatic carbocycles. The molecule has 1 saturated heterocycles. The van der Waals surface area contributed by atoms with Crippen LogP contribution in [-0.2, 0) is 20.9 Å². The Labute approximate surface area is 221 Å². The Morgan fingerprint density at radius 2 is 1.87 bits per heavy atom. The van der Waals surface area contributed by atoms with E-state index in [2.05, 4.69) is 25.1 Å². The Kier molecular flexibility index (Phi) is 6.65. The predicted molar refractivity (Wildman–Crippen MR) is 132 cm³/mol. The molecule has 10 nitrogen and oxygen atoms in total. The van der Waals surface area contributed by atoms with Crippen LogP contribution in [0.5, 0.6) is 0 Å². The summed E-state index contributed by atoms with van der Waals surface area (Å²) in [5.74, 6) is -0.519. The van der Waals surface area contributed by atoms with Gasteiger partial charge in [0.05, 0.1) is 12.1 Å². The zero-order valence-corrected chi connectivity index (χ0v) is 21.6. The predicted octanol–water partition coefficient (Wildman–Crippen LogP) is 3.04. The van der Waals surface area contributed by atoms with Crippen molar-refractivity contribution in [2.75, 3.05) is 13.2 Å². The summed E-state index contributed by atoms with van der Waals surface area (Å²) < 4.78 is 41.8. The number of ketones is 1. The second-order valence-electron chi connectivity index (χ2n) is 10.3. The van der Waals surface area contributed by atoms with Crippen LogP contribution in [0.2, 0.25) is 0 Å². The minimum absolute atomic E-state index is 0.144. The van der Waals surface area contributed by atoms with Gasteiger partial charge in [0.25, 0.3) is 0 Å². The van der Waals surface area contributed by atoms with Gasteiger partial charge < -0.3 is 10.2 Å². The fourth-order valence-electron chi connectivity index (χ4n) is 5.31. The van der Waals surface area contributed by atoms with Gasteiger partial charge in [0.15, 0.2) is 5.78 Å². The van der Waals surface area contributed by atoms with Gasteiger partial charge in [-0.25, -0.2) is 9.97 Å². The van der Waals surface area contributed by atoms with E-state index in [1.165, 1.54) is 16.5 Å². The molecule has 2 fully saturated rings. The van der Waals surface area contributed by atoms with Crippen molar-refractivity contribution in [1.82, 2.24) is 30.0 Å². The van der Waals surface area contributed by atoms with Crippen LogP contribution in [0.25, 0.3) is 22.0 Å². The molecule has 1 unspecified atom stereocenters. The van der Waals surface area contributed by atoms with Crippen LogP contribution in [0.1, 0.15) is 43.0 Å². The van der Waals surface area contributed by atoms with Crippen LogP contribution < -0.4 is 5.32 Å². The lowest BCUT2D eigenvalue weighted by atomic mass is 10.0. The first kappa shape index (κ1) is 26.7. The zero-order chi connectivity index (χ0) is 28.1. The van der Waals surface area contributed by atoms with Crippen molar-refractivity contribution in [2.24, 2.45) is 5.41 Å². The maximum absolute atomic E-state index is 13.5. The van der Waals surface area contributed by atoms with Gasteiger partial charge in [-0.15, -0.1) is 13.2 Å². The first-order chi connectivity index (χ1) is 18.4. The normalized spacial score (nSPS) is 22.2. The molecule has 39 heavy (non-hydrogen) atoms. The Morgan fingerprint density at radius 1 is 1.15 bits per heavy atom. The number of carbonyl (C=O) groups is 3. The highest BCUT2D eigenvalue weighted by Crippen LogP contribution is 2.59. The second kappa shape index (κ2) is 9.70. The summed E-state index contributed by atoms with van der Waals surface area (Å²) in [6.07, 6.45) is -0.262. The SMILES string of the molecule is CC(=O)c1nn(CC(=O)N2C3C[C@]3(C)C[C@H]2C(=O)NCCOC(F)(F)F)c2ccc(-c3cnc(C)nc3)cc12. The molecular formula is C26H27F3N6O4. The van der Waals surface area contributed by atoms with Crippen LogP contribution in [0, 0.1) is 12.3 Å². The molecule has 2 amide bonds. The lowest BCUT2D eigenvalue weighted by Crippen LogP contribution is -2.49. The zero-order valence-electron chi connectivity index (χ0n) is 21.6. The second-order valence-corrected chi connectivity index (χ2v) is 10.3. The van der Waals surface area contributed by atoms with Crippen LogP contribution >= 0.6 is 0 Å². The molecule has 3 heterocycles. The van der Waals surface area contributed by atoms with Gasteiger partial charge in [-0.2, -0.15) is 5.10 Å². The van der Waals surface area contributed by atoms with E-state index in [0.717, 1.165) is 17.5 Å². The van der Waals surface area contributed by atoms with Crippen molar-refractivity contribution in [2.45, 2.75) is 58.6 Å². The molecule has 2 aromatic heterocycles. The molecule has 1 N–H and O–H groups in total. The van der Waals surface area contributed by atoms with Crippen molar-refractivity contribution in [3.63, 3.8) is 0 Å². The largest absolute Gasteiger partial charge is 0.522 e. The number of amides is 2. The number of carbonyl (C=O) groups excluding carboxylic acids is 3. The van der Waals surface area contributed by atoms with Gasteiger partial charge in [-0.3, -0.25) is 23.8 Å². The molecule has 13 heteroatoms. The summed E-state index contributed by atoms with van der Waals surface area (Å²) in [4.78, 5) is 48.7. The van der Waals surface area contributed by atoms with E-state index in [1.807, 2.05) is 13.0 Å². The number of hydrogen-bond acceptors (Lipinski definition) is 7. The van der Waals surface area contributed by atoms with Crippen LogP contribution in [0.15, 0.2) is 30.6 Å². The third-order valence-electron chi connectivity index (χ3n) is 7.38. The van der Waals surface area contributed by atoms with Crippen molar-refractivity contribution >= 4 is 28.5 Å². The van der Waals surface area contributed by atoms with Gasteiger partial charge in [-0.1, -0.05) is 13.0 Å². The summed E-state index contributed by atoms with van der Waals surface area (Å²) in [6, 6.07) is 4.45. The van der Waals surface area contributed by atoms with Gasteiger partial charge in [0, 0.05) is 42.9 Å². The molecule has 0 bridgehead atoms. The monoisotopic (exact) mass is 544 g/mol. The van der Waals surface area contributed by atoms with Gasteiger partial charge >= 0.3 is 6.36 Å². The minimum atomic E-state index is -4.78. The molecular weight excluding hydrogens is 517 g/mol. The van der Waals surface area contributed by atoms with Crippen LogP contribution in [-0.4, -0.2) is 73.8 Å². The summed E-state index contributed by atoms with van der Waals surface area (Å²) in [5.41, 5.74) is 2.12. The van der Waals surface area contributed by atoms with E-state index in [9.17, 15) is 27.6 Å². The molecule has 3 atom stereocenters. The number of piperidine rings is 1. The highest BCUT2D eigenvalue weighted by atomic mass is 19.4. The molecule has 5 rings (SSSR count). The first-order valence-corrected chi connectivity index (χ1v) is 12.5. The number of ether oxygens (including phenoxy) is 1. The fourth-order valence-corrected chi connectivity index (χ4v) is 5.31. The Bertz CT molecular complexity index is 1450. The highest BCUT2D eigenvalue weighted by Gasteiger charge is 2.64. The number of rotatable bonds is 8. The number of nitrogens with one attached hydrogen (secondary N) is 1. The number of fused-ring (bicyclic) bond motifs is 2. The standard InChI is InChI=1S/C26H27F3N6O4/c1-14(36)23-18-8-16(17-11-31-15(2)32-12-17)4-5-19(18)34(33-23)13-22(37)35-20(9-25(3)10-21(25)35)24(38)30-6-7-39-26(27,28)29/h4-5,8,11-12,20-21H,6-7,9-10,13H2,1-3H3,(H,30,38)/t20-,21?,25-/m0/s1.